The van der Waals surface area contributed by atoms with Gasteiger partial charge in [0.05, 0.1) is 18.8 Å². The highest BCUT2D eigenvalue weighted by Gasteiger charge is 2.36. The summed E-state index contributed by atoms with van der Waals surface area (Å²) in [6, 6.07) is 1.95. The van der Waals surface area contributed by atoms with Crippen molar-refractivity contribution in [3.05, 3.63) is 21.9 Å². The van der Waals surface area contributed by atoms with Crippen molar-refractivity contribution in [2.75, 3.05) is 52.5 Å². The third kappa shape index (κ3) is 3.51. The van der Waals surface area contributed by atoms with Crippen LogP contribution in [0.5, 0.6) is 0 Å². The Labute approximate surface area is 135 Å². The molecule has 122 valence electrons. The number of nitrogens with zero attached hydrogens (tertiary/aromatic N) is 2. The number of amides is 1. The minimum atomic E-state index is 0.104. The Morgan fingerprint density at radius 3 is 2.73 bits per heavy atom. The molecule has 2 aliphatic heterocycles. The monoisotopic (exact) mass is 324 g/mol. The molecule has 3 heterocycles. The van der Waals surface area contributed by atoms with Crippen LogP contribution in [0.3, 0.4) is 0 Å². The first kappa shape index (κ1) is 15.9. The van der Waals surface area contributed by atoms with Gasteiger partial charge in [0.25, 0.3) is 5.91 Å². The molecule has 2 saturated heterocycles. The third-order valence-corrected chi connectivity index (χ3v) is 5.53. The molecular formula is C16H24N2O3S. The Hall–Kier alpha value is -0.950. The largest absolute Gasteiger partial charge is 0.396 e. The van der Waals surface area contributed by atoms with E-state index in [-0.39, 0.29) is 18.4 Å². The van der Waals surface area contributed by atoms with Crippen molar-refractivity contribution in [3.8, 4) is 0 Å². The Morgan fingerprint density at radius 2 is 2.09 bits per heavy atom. The van der Waals surface area contributed by atoms with Gasteiger partial charge in [-0.05, 0) is 18.9 Å². The Kier molecular flexibility index (Phi) is 5.13. The van der Waals surface area contributed by atoms with E-state index < -0.39 is 0 Å². The first-order valence-electron chi connectivity index (χ1n) is 7.92. The second-order valence-electron chi connectivity index (χ2n) is 6.27. The van der Waals surface area contributed by atoms with Crippen molar-refractivity contribution < 1.29 is 14.6 Å². The van der Waals surface area contributed by atoms with Gasteiger partial charge in [0.2, 0.25) is 0 Å². The summed E-state index contributed by atoms with van der Waals surface area (Å²) in [6.07, 6.45) is 0. The molecule has 1 aromatic heterocycles. The first-order valence-corrected chi connectivity index (χ1v) is 8.80. The van der Waals surface area contributed by atoms with Crippen LogP contribution in [-0.2, 0) is 4.74 Å². The molecule has 1 aromatic rings. The van der Waals surface area contributed by atoms with Crippen LogP contribution in [0.25, 0.3) is 0 Å². The molecule has 2 fully saturated rings. The summed E-state index contributed by atoms with van der Waals surface area (Å²) < 4.78 is 5.38. The van der Waals surface area contributed by atoms with Gasteiger partial charge in [0.15, 0.2) is 0 Å². The van der Waals surface area contributed by atoms with Crippen molar-refractivity contribution in [1.29, 1.82) is 0 Å². The number of rotatable bonds is 4. The molecule has 22 heavy (non-hydrogen) atoms. The van der Waals surface area contributed by atoms with Crippen LogP contribution in [-0.4, -0.2) is 73.4 Å². The molecule has 0 radical (unpaired) electrons. The van der Waals surface area contributed by atoms with E-state index >= 15 is 0 Å². The maximum absolute atomic E-state index is 12.6. The summed E-state index contributed by atoms with van der Waals surface area (Å²) in [5.74, 6) is 0.644. The normalized spacial score (nSPS) is 26.5. The van der Waals surface area contributed by atoms with Crippen molar-refractivity contribution in [3.63, 3.8) is 0 Å². The lowest BCUT2D eigenvalue weighted by molar-refractivity contribution is 0.0264. The number of morpholine rings is 1. The maximum Gasteiger partial charge on any atom is 0.254 e. The van der Waals surface area contributed by atoms with E-state index in [9.17, 15) is 9.90 Å². The Balaban J connectivity index is 1.62. The van der Waals surface area contributed by atoms with Gasteiger partial charge in [-0.2, -0.15) is 0 Å². The molecule has 0 saturated carbocycles. The van der Waals surface area contributed by atoms with E-state index in [0.29, 0.717) is 12.5 Å². The highest BCUT2D eigenvalue weighted by atomic mass is 32.1. The summed E-state index contributed by atoms with van der Waals surface area (Å²) >= 11 is 1.61. The van der Waals surface area contributed by atoms with E-state index in [1.807, 2.05) is 23.3 Å². The summed E-state index contributed by atoms with van der Waals surface area (Å²) in [5.41, 5.74) is 0.784. The molecule has 0 aromatic carbocycles. The predicted molar refractivity (Wildman–Crippen MR) is 86.3 cm³/mol. The lowest BCUT2D eigenvalue weighted by atomic mass is 9.96. The number of carbonyl (C=O) groups is 1. The fourth-order valence-electron chi connectivity index (χ4n) is 3.37. The van der Waals surface area contributed by atoms with Gasteiger partial charge in [0, 0.05) is 55.5 Å². The van der Waals surface area contributed by atoms with Gasteiger partial charge >= 0.3 is 0 Å². The summed E-state index contributed by atoms with van der Waals surface area (Å²) in [6.45, 7) is 8.00. The van der Waals surface area contributed by atoms with Crippen LogP contribution in [0.4, 0.5) is 0 Å². The molecule has 0 unspecified atom stereocenters. The molecule has 0 spiro atoms. The highest BCUT2D eigenvalue weighted by Crippen LogP contribution is 2.27. The number of aliphatic hydroxyl groups excluding tert-OH is 1. The van der Waals surface area contributed by atoms with Gasteiger partial charge < -0.3 is 14.7 Å². The smallest absolute Gasteiger partial charge is 0.254 e. The quantitative estimate of drug-likeness (QED) is 0.900. The van der Waals surface area contributed by atoms with Crippen molar-refractivity contribution in [2.24, 2.45) is 11.8 Å². The number of aryl methyl sites for hydroxylation is 1. The number of carbonyl (C=O) groups excluding carboxylic acids is 1. The zero-order valence-electron chi connectivity index (χ0n) is 13.0. The molecule has 0 bridgehead atoms. The van der Waals surface area contributed by atoms with E-state index in [4.69, 9.17) is 4.74 Å². The molecule has 2 atom stereocenters. The third-order valence-electron chi connectivity index (χ3n) is 4.67. The van der Waals surface area contributed by atoms with Crippen LogP contribution in [0.15, 0.2) is 11.4 Å². The topological polar surface area (TPSA) is 53.0 Å². The van der Waals surface area contributed by atoms with Crippen LogP contribution in [0, 0.1) is 18.8 Å². The van der Waals surface area contributed by atoms with Crippen molar-refractivity contribution in [1.82, 2.24) is 9.80 Å². The molecule has 2 aliphatic rings. The number of thiophene rings is 1. The second-order valence-corrected chi connectivity index (χ2v) is 7.39. The standard InChI is InChI=1S/C16H24N2O3S/c1-12-6-13(11-22-12)16(20)18-8-14(15(9-18)10-19)7-17-2-4-21-5-3-17/h6,11,14-15,19H,2-5,7-10H2,1H3/t14-,15-/m1/s1. The Morgan fingerprint density at radius 1 is 1.36 bits per heavy atom. The zero-order valence-corrected chi connectivity index (χ0v) is 13.8. The van der Waals surface area contributed by atoms with Gasteiger partial charge in [-0.25, -0.2) is 0 Å². The predicted octanol–water partition coefficient (Wildman–Crippen LogP) is 1.07. The average Bonchev–Trinajstić information content (AvgIpc) is 3.14. The second kappa shape index (κ2) is 7.08. The number of hydrogen-bond donors (Lipinski definition) is 1. The molecule has 1 N–H and O–H groups in total. The SMILES string of the molecule is Cc1cc(C(=O)N2C[C@@H](CN3CCOCC3)[C@@H](CO)C2)cs1. The number of likely N-dealkylation sites (tertiary alicyclic amines) is 1. The zero-order chi connectivity index (χ0) is 15.5. The van der Waals surface area contributed by atoms with Crippen LogP contribution < -0.4 is 0 Å². The van der Waals surface area contributed by atoms with Gasteiger partial charge in [-0.15, -0.1) is 11.3 Å². The molecule has 6 heteroatoms. The van der Waals surface area contributed by atoms with E-state index in [0.717, 1.165) is 49.8 Å². The van der Waals surface area contributed by atoms with E-state index in [1.54, 1.807) is 11.3 Å². The maximum atomic E-state index is 12.6. The molecule has 3 rings (SSSR count). The number of hydrogen-bond acceptors (Lipinski definition) is 5. The minimum Gasteiger partial charge on any atom is -0.396 e. The van der Waals surface area contributed by atoms with Gasteiger partial charge in [0.1, 0.15) is 0 Å². The summed E-state index contributed by atoms with van der Waals surface area (Å²) in [5, 5.41) is 11.6. The van der Waals surface area contributed by atoms with Gasteiger partial charge in [-0.3, -0.25) is 9.69 Å². The molecule has 1 amide bonds. The summed E-state index contributed by atoms with van der Waals surface area (Å²) in [7, 11) is 0. The van der Waals surface area contributed by atoms with Crippen LogP contribution in [0.2, 0.25) is 0 Å². The number of aliphatic hydroxyl groups is 1. The highest BCUT2D eigenvalue weighted by molar-refractivity contribution is 7.10. The van der Waals surface area contributed by atoms with Crippen molar-refractivity contribution >= 4 is 17.2 Å². The summed E-state index contributed by atoms with van der Waals surface area (Å²) in [4.78, 5) is 18.0. The lowest BCUT2D eigenvalue weighted by Gasteiger charge is -2.30. The van der Waals surface area contributed by atoms with Crippen LogP contribution >= 0.6 is 11.3 Å². The van der Waals surface area contributed by atoms with Crippen molar-refractivity contribution in [2.45, 2.75) is 6.92 Å². The van der Waals surface area contributed by atoms with E-state index in [1.165, 1.54) is 0 Å². The first-order chi connectivity index (χ1) is 10.7. The number of ether oxygens (including phenoxy) is 1. The fourth-order valence-corrected chi connectivity index (χ4v) is 4.05. The minimum absolute atomic E-state index is 0.104. The Bertz CT molecular complexity index is 513. The average molecular weight is 324 g/mol. The van der Waals surface area contributed by atoms with Gasteiger partial charge in [-0.1, -0.05) is 0 Å². The van der Waals surface area contributed by atoms with E-state index in [2.05, 4.69) is 4.90 Å². The molecular weight excluding hydrogens is 300 g/mol. The fraction of sp³-hybridized carbons (Fsp3) is 0.688. The van der Waals surface area contributed by atoms with Crippen LogP contribution in [0.1, 0.15) is 15.2 Å². The molecule has 5 nitrogen and oxygen atoms in total. The molecule has 0 aliphatic carbocycles. The lowest BCUT2D eigenvalue weighted by Crippen LogP contribution is -2.41.